The average molecular weight is 298 g/mol. The highest BCUT2D eigenvalue weighted by atomic mass is 16.5. The lowest BCUT2D eigenvalue weighted by atomic mass is 10.0. The van der Waals surface area contributed by atoms with Gasteiger partial charge in [0, 0.05) is 6.54 Å². The SMILES string of the molecule is COc1ccccc1NC(=O)NCc1ccc(C(C)C)cc1. The molecule has 0 radical (unpaired) electrons. The van der Waals surface area contributed by atoms with Crippen LogP contribution in [-0.4, -0.2) is 13.1 Å². The number of hydrogen-bond acceptors (Lipinski definition) is 2. The molecule has 2 amide bonds. The van der Waals surface area contributed by atoms with Crippen molar-refractivity contribution in [2.24, 2.45) is 0 Å². The van der Waals surface area contributed by atoms with Gasteiger partial charge in [0.2, 0.25) is 0 Å². The number of nitrogens with one attached hydrogen (secondary N) is 2. The van der Waals surface area contributed by atoms with Crippen molar-refractivity contribution in [3.63, 3.8) is 0 Å². The summed E-state index contributed by atoms with van der Waals surface area (Å²) in [6, 6.07) is 15.3. The number of para-hydroxylation sites is 2. The molecule has 0 aliphatic rings. The van der Waals surface area contributed by atoms with Crippen LogP contribution >= 0.6 is 0 Å². The fourth-order valence-electron chi connectivity index (χ4n) is 2.12. The summed E-state index contributed by atoms with van der Waals surface area (Å²) < 4.78 is 5.20. The summed E-state index contributed by atoms with van der Waals surface area (Å²) in [5.74, 6) is 1.15. The summed E-state index contributed by atoms with van der Waals surface area (Å²) in [5, 5.41) is 5.63. The second kappa shape index (κ2) is 7.50. The van der Waals surface area contributed by atoms with E-state index in [1.165, 1.54) is 5.56 Å². The molecule has 116 valence electrons. The fraction of sp³-hybridized carbons (Fsp3) is 0.278. The van der Waals surface area contributed by atoms with Crippen LogP contribution in [0, 0.1) is 0 Å². The molecule has 2 N–H and O–H groups in total. The first kappa shape index (κ1) is 15.9. The number of methoxy groups -OCH3 is 1. The Morgan fingerprint density at radius 2 is 1.77 bits per heavy atom. The summed E-state index contributed by atoms with van der Waals surface area (Å²) in [6.45, 7) is 4.81. The minimum atomic E-state index is -0.252. The molecule has 2 aromatic carbocycles. The summed E-state index contributed by atoms with van der Waals surface area (Å²) in [6.07, 6.45) is 0. The highest BCUT2D eigenvalue weighted by Gasteiger charge is 2.06. The molecular formula is C18H22N2O2. The highest BCUT2D eigenvalue weighted by molar-refractivity contribution is 5.90. The number of benzene rings is 2. The van der Waals surface area contributed by atoms with Gasteiger partial charge in [-0.3, -0.25) is 0 Å². The largest absolute Gasteiger partial charge is 0.495 e. The molecule has 2 aromatic rings. The van der Waals surface area contributed by atoms with Crippen molar-refractivity contribution in [2.75, 3.05) is 12.4 Å². The Bertz CT molecular complexity index is 621. The van der Waals surface area contributed by atoms with Crippen LogP contribution in [0.5, 0.6) is 5.75 Å². The third-order valence-electron chi connectivity index (χ3n) is 3.45. The number of rotatable bonds is 5. The normalized spacial score (nSPS) is 10.4. The molecule has 0 aliphatic carbocycles. The van der Waals surface area contributed by atoms with E-state index in [0.29, 0.717) is 23.9 Å². The maximum absolute atomic E-state index is 12.0. The molecule has 0 spiro atoms. The van der Waals surface area contributed by atoms with Gasteiger partial charge in [0.15, 0.2) is 0 Å². The molecule has 0 heterocycles. The van der Waals surface area contributed by atoms with Crippen molar-refractivity contribution < 1.29 is 9.53 Å². The second-order valence-corrected chi connectivity index (χ2v) is 5.40. The Labute approximate surface area is 131 Å². The molecule has 22 heavy (non-hydrogen) atoms. The number of urea groups is 1. The first-order chi connectivity index (χ1) is 10.6. The van der Waals surface area contributed by atoms with Crippen LogP contribution in [0.15, 0.2) is 48.5 Å². The number of carbonyl (C=O) groups excluding carboxylic acids is 1. The second-order valence-electron chi connectivity index (χ2n) is 5.40. The molecule has 4 nitrogen and oxygen atoms in total. The first-order valence-corrected chi connectivity index (χ1v) is 7.37. The van der Waals surface area contributed by atoms with Crippen LogP contribution in [0.4, 0.5) is 10.5 Å². The minimum absolute atomic E-state index is 0.252. The molecule has 2 rings (SSSR count). The Morgan fingerprint density at radius 1 is 1.09 bits per heavy atom. The van der Waals surface area contributed by atoms with Gasteiger partial charge in [-0.05, 0) is 29.2 Å². The van der Waals surface area contributed by atoms with Gasteiger partial charge in [-0.25, -0.2) is 4.79 Å². The van der Waals surface area contributed by atoms with Crippen molar-refractivity contribution in [2.45, 2.75) is 26.3 Å². The molecule has 0 unspecified atom stereocenters. The smallest absolute Gasteiger partial charge is 0.319 e. The molecule has 0 saturated heterocycles. The van der Waals surface area contributed by atoms with Crippen molar-refractivity contribution in [1.29, 1.82) is 0 Å². The summed E-state index contributed by atoms with van der Waals surface area (Å²) in [5.41, 5.74) is 3.01. The van der Waals surface area contributed by atoms with Gasteiger partial charge in [-0.15, -0.1) is 0 Å². The van der Waals surface area contributed by atoms with Gasteiger partial charge in [0.1, 0.15) is 5.75 Å². The average Bonchev–Trinajstić information content (AvgIpc) is 2.54. The Balaban J connectivity index is 1.90. The van der Waals surface area contributed by atoms with E-state index in [2.05, 4.69) is 36.6 Å². The topological polar surface area (TPSA) is 50.4 Å². The van der Waals surface area contributed by atoms with E-state index in [4.69, 9.17) is 4.74 Å². The van der Waals surface area contributed by atoms with E-state index in [0.717, 1.165) is 5.56 Å². The number of ether oxygens (including phenoxy) is 1. The quantitative estimate of drug-likeness (QED) is 0.871. The monoisotopic (exact) mass is 298 g/mol. The third-order valence-corrected chi connectivity index (χ3v) is 3.45. The Morgan fingerprint density at radius 3 is 2.41 bits per heavy atom. The van der Waals surface area contributed by atoms with E-state index in [-0.39, 0.29) is 6.03 Å². The standard InChI is InChI=1S/C18H22N2O2/c1-13(2)15-10-8-14(9-11-15)12-19-18(21)20-16-6-4-5-7-17(16)22-3/h4-11,13H,12H2,1-3H3,(H2,19,20,21). The number of anilines is 1. The van der Waals surface area contributed by atoms with Crippen molar-refractivity contribution >= 4 is 11.7 Å². The molecule has 0 fully saturated rings. The molecule has 4 heteroatoms. The number of hydrogen-bond donors (Lipinski definition) is 2. The first-order valence-electron chi connectivity index (χ1n) is 7.37. The Kier molecular flexibility index (Phi) is 5.42. The fourth-order valence-corrected chi connectivity index (χ4v) is 2.12. The molecule has 0 aromatic heterocycles. The zero-order valence-electron chi connectivity index (χ0n) is 13.2. The highest BCUT2D eigenvalue weighted by Crippen LogP contribution is 2.22. The minimum Gasteiger partial charge on any atom is -0.495 e. The van der Waals surface area contributed by atoms with Gasteiger partial charge in [-0.1, -0.05) is 50.2 Å². The van der Waals surface area contributed by atoms with Crippen molar-refractivity contribution in [3.05, 3.63) is 59.7 Å². The maximum Gasteiger partial charge on any atom is 0.319 e. The van der Waals surface area contributed by atoms with E-state index in [1.54, 1.807) is 19.2 Å². The summed E-state index contributed by atoms with van der Waals surface area (Å²) in [4.78, 5) is 12.0. The van der Waals surface area contributed by atoms with Gasteiger partial charge >= 0.3 is 6.03 Å². The lowest BCUT2D eigenvalue weighted by molar-refractivity contribution is 0.251. The summed E-state index contributed by atoms with van der Waals surface area (Å²) in [7, 11) is 1.58. The van der Waals surface area contributed by atoms with Gasteiger partial charge < -0.3 is 15.4 Å². The predicted octanol–water partition coefficient (Wildman–Crippen LogP) is 4.14. The van der Waals surface area contributed by atoms with Crippen LogP contribution < -0.4 is 15.4 Å². The van der Waals surface area contributed by atoms with Crippen LogP contribution in [0.1, 0.15) is 30.9 Å². The van der Waals surface area contributed by atoms with Gasteiger partial charge in [-0.2, -0.15) is 0 Å². The third kappa shape index (κ3) is 4.25. The number of carbonyl (C=O) groups is 1. The van der Waals surface area contributed by atoms with Crippen LogP contribution in [-0.2, 0) is 6.54 Å². The Hall–Kier alpha value is -2.49. The molecule has 0 bridgehead atoms. The van der Waals surface area contributed by atoms with Crippen molar-refractivity contribution in [1.82, 2.24) is 5.32 Å². The van der Waals surface area contributed by atoms with Crippen LogP contribution in [0.25, 0.3) is 0 Å². The zero-order valence-corrected chi connectivity index (χ0v) is 13.2. The summed E-state index contributed by atoms with van der Waals surface area (Å²) >= 11 is 0. The van der Waals surface area contributed by atoms with E-state index in [1.807, 2.05) is 24.3 Å². The van der Waals surface area contributed by atoms with Crippen LogP contribution in [0.2, 0.25) is 0 Å². The van der Waals surface area contributed by atoms with Gasteiger partial charge in [0.05, 0.1) is 12.8 Å². The lowest BCUT2D eigenvalue weighted by Crippen LogP contribution is -2.28. The van der Waals surface area contributed by atoms with Crippen LogP contribution in [0.3, 0.4) is 0 Å². The van der Waals surface area contributed by atoms with E-state index >= 15 is 0 Å². The molecule has 0 saturated carbocycles. The van der Waals surface area contributed by atoms with E-state index < -0.39 is 0 Å². The molecule has 0 aliphatic heterocycles. The van der Waals surface area contributed by atoms with Gasteiger partial charge in [0.25, 0.3) is 0 Å². The van der Waals surface area contributed by atoms with E-state index in [9.17, 15) is 4.79 Å². The maximum atomic E-state index is 12.0. The zero-order chi connectivity index (χ0) is 15.9. The van der Waals surface area contributed by atoms with Crippen molar-refractivity contribution in [3.8, 4) is 5.75 Å². The lowest BCUT2D eigenvalue weighted by Gasteiger charge is -2.11. The predicted molar refractivity (Wildman–Crippen MR) is 89.4 cm³/mol. The molecule has 0 atom stereocenters. The number of amides is 2. The molecular weight excluding hydrogens is 276 g/mol.